The first kappa shape index (κ1) is 15.2. The maximum Gasteiger partial charge on any atom is 0.261 e. The molecule has 0 saturated heterocycles. The van der Waals surface area contributed by atoms with Gasteiger partial charge in [0.15, 0.2) is 0 Å². The van der Waals surface area contributed by atoms with E-state index in [0.29, 0.717) is 11.3 Å². The molecule has 0 aliphatic carbocycles. The summed E-state index contributed by atoms with van der Waals surface area (Å²) in [5.41, 5.74) is 7.33. The highest BCUT2D eigenvalue weighted by Gasteiger charge is 2.15. The minimum atomic E-state index is -3.75. The van der Waals surface area contributed by atoms with Crippen LogP contribution in [-0.4, -0.2) is 8.42 Å². The van der Waals surface area contributed by atoms with E-state index in [4.69, 9.17) is 22.6 Å². The van der Waals surface area contributed by atoms with Crippen molar-refractivity contribution in [3.63, 3.8) is 0 Å². The largest absolute Gasteiger partial charge is 0.399 e. The Morgan fingerprint density at radius 3 is 2.57 bits per heavy atom. The van der Waals surface area contributed by atoms with Crippen LogP contribution >= 0.6 is 11.6 Å². The summed E-state index contributed by atoms with van der Waals surface area (Å²) < 4.78 is 27.0. The fraction of sp³-hybridized carbons (Fsp3) is 0.0714. The van der Waals surface area contributed by atoms with Crippen LogP contribution in [-0.2, 0) is 10.0 Å². The van der Waals surface area contributed by atoms with Crippen molar-refractivity contribution in [2.45, 2.75) is 11.8 Å². The Hall–Kier alpha value is -2.23. The molecule has 0 aliphatic rings. The fourth-order valence-corrected chi connectivity index (χ4v) is 3.00. The molecule has 0 atom stereocenters. The van der Waals surface area contributed by atoms with Crippen LogP contribution in [0.4, 0.5) is 11.4 Å². The molecule has 5 nitrogen and oxygen atoms in total. The van der Waals surface area contributed by atoms with Crippen molar-refractivity contribution in [1.82, 2.24) is 0 Å². The topological polar surface area (TPSA) is 96.0 Å². The monoisotopic (exact) mass is 321 g/mol. The van der Waals surface area contributed by atoms with E-state index in [-0.39, 0.29) is 21.2 Å². The SMILES string of the molecule is Cc1cc(S(=O)(=O)Nc2ccc(Cl)c(C#N)c2)ccc1N. The first-order valence-corrected chi connectivity index (χ1v) is 7.78. The molecule has 0 amide bonds. The Balaban J connectivity index is 2.37. The molecule has 3 N–H and O–H groups in total. The summed E-state index contributed by atoms with van der Waals surface area (Å²) in [7, 11) is -3.75. The van der Waals surface area contributed by atoms with E-state index in [1.54, 1.807) is 6.92 Å². The number of nitrogens with two attached hydrogens (primary N) is 1. The number of rotatable bonds is 3. The summed E-state index contributed by atoms with van der Waals surface area (Å²) in [4.78, 5) is 0.0997. The van der Waals surface area contributed by atoms with Gasteiger partial charge in [-0.15, -0.1) is 0 Å². The van der Waals surface area contributed by atoms with Crippen LogP contribution in [0.5, 0.6) is 0 Å². The maximum absolute atomic E-state index is 12.3. The van der Waals surface area contributed by atoms with Crippen molar-refractivity contribution in [2.75, 3.05) is 10.5 Å². The Labute approximate surface area is 128 Å². The van der Waals surface area contributed by atoms with Gasteiger partial charge < -0.3 is 5.73 Å². The van der Waals surface area contributed by atoms with E-state index in [0.717, 1.165) is 0 Å². The number of nitrogen functional groups attached to an aromatic ring is 1. The number of aryl methyl sites for hydroxylation is 1. The molecule has 0 fully saturated rings. The highest BCUT2D eigenvalue weighted by Crippen LogP contribution is 2.23. The molecule has 2 rings (SSSR count). The smallest absolute Gasteiger partial charge is 0.261 e. The van der Waals surface area contributed by atoms with Crippen molar-refractivity contribution in [2.24, 2.45) is 0 Å². The number of hydrogen-bond acceptors (Lipinski definition) is 4. The lowest BCUT2D eigenvalue weighted by molar-refractivity contribution is 0.601. The minimum absolute atomic E-state index is 0.0997. The van der Waals surface area contributed by atoms with E-state index in [1.807, 2.05) is 6.07 Å². The standard InChI is InChI=1S/C14H12ClN3O2S/c1-9-6-12(3-5-14(9)17)21(19,20)18-11-2-4-13(15)10(7-11)8-16/h2-7,18H,17H2,1H3. The molecule has 21 heavy (non-hydrogen) atoms. The van der Waals surface area contributed by atoms with Gasteiger partial charge in [0.25, 0.3) is 10.0 Å². The summed E-state index contributed by atoms with van der Waals surface area (Å²) in [6, 6.07) is 10.7. The van der Waals surface area contributed by atoms with Crippen LogP contribution in [0.15, 0.2) is 41.3 Å². The van der Waals surface area contributed by atoms with Gasteiger partial charge in [0, 0.05) is 5.69 Å². The van der Waals surface area contributed by atoms with Crippen LogP contribution in [0.2, 0.25) is 5.02 Å². The lowest BCUT2D eigenvalue weighted by atomic mass is 10.2. The molecular formula is C14H12ClN3O2S. The van der Waals surface area contributed by atoms with E-state index in [9.17, 15) is 8.42 Å². The minimum Gasteiger partial charge on any atom is -0.399 e. The van der Waals surface area contributed by atoms with Gasteiger partial charge in [-0.2, -0.15) is 5.26 Å². The zero-order valence-corrected chi connectivity index (χ0v) is 12.7. The number of benzene rings is 2. The quantitative estimate of drug-likeness (QED) is 0.849. The number of hydrogen-bond donors (Lipinski definition) is 2. The van der Waals surface area contributed by atoms with Crippen molar-refractivity contribution >= 4 is 33.0 Å². The Morgan fingerprint density at radius 2 is 1.95 bits per heavy atom. The summed E-state index contributed by atoms with van der Waals surface area (Å²) in [6.45, 7) is 1.73. The molecule has 0 aliphatic heterocycles. The average molecular weight is 322 g/mol. The van der Waals surface area contributed by atoms with Gasteiger partial charge in [-0.25, -0.2) is 8.42 Å². The number of sulfonamides is 1. The third-order valence-electron chi connectivity index (χ3n) is 2.89. The second-order valence-corrected chi connectivity index (χ2v) is 6.52. The lowest BCUT2D eigenvalue weighted by Crippen LogP contribution is -2.13. The van der Waals surface area contributed by atoms with Gasteiger partial charge >= 0.3 is 0 Å². The fourth-order valence-electron chi connectivity index (χ4n) is 1.70. The van der Waals surface area contributed by atoms with Crippen LogP contribution in [0.3, 0.4) is 0 Å². The van der Waals surface area contributed by atoms with Gasteiger partial charge in [-0.1, -0.05) is 11.6 Å². The van der Waals surface area contributed by atoms with Gasteiger partial charge in [0.1, 0.15) is 6.07 Å². The molecule has 2 aromatic carbocycles. The highest BCUT2D eigenvalue weighted by atomic mass is 35.5. The van der Waals surface area contributed by atoms with Crippen LogP contribution < -0.4 is 10.5 Å². The average Bonchev–Trinajstić information content (AvgIpc) is 2.43. The molecule has 0 unspecified atom stereocenters. The number of halogens is 1. The number of nitrogens with zero attached hydrogens (tertiary/aromatic N) is 1. The lowest BCUT2D eigenvalue weighted by Gasteiger charge is -2.10. The number of nitrogens with one attached hydrogen (secondary N) is 1. The van der Waals surface area contributed by atoms with E-state index in [2.05, 4.69) is 4.72 Å². The second-order valence-electron chi connectivity index (χ2n) is 4.43. The first-order chi connectivity index (χ1) is 9.83. The van der Waals surface area contributed by atoms with E-state index >= 15 is 0 Å². The third kappa shape index (κ3) is 3.27. The summed E-state index contributed by atoms with van der Waals surface area (Å²) in [6.07, 6.45) is 0. The normalized spacial score (nSPS) is 10.9. The molecule has 0 heterocycles. The summed E-state index contributed by atoms with van der Waals surface area (Å²) in [5.74, 6) is 0. The van der Waals surface area contributed by atoms with E-state index in [1.165, 1.54) is 36.4 Å². The van der Waals surface area contributed by atoms with Crippen LogP contribution in [0.25, 0.3) is 0 Å². The van der Waals surface area contributed by atoms with E-state index < -0.39 is 10.0 Å². The summed E-state index contributed by atoms with van der Waals surface area (Å²) >= 11 is 5.81. The zero-order valence-electron chi connectivity index (χ0n) is 11.1. The highest BCUT2D eigenvalue weighted by molar-refractivity contribution is 7.92. The third-order valence-corrected chi connectivity index (χ3v) is 4.60. The zero-order chi connectivity index (χ0) is 15.6. The van der Waals surface area contributed by atoms with Crippen molar-refractivity contribution in [3.05, 3.63) is 52.5 Å². The number of anilines is 2. The number of nitriles is 1. The molecule has 7 heteroatoms. The van der Waals surface area contributed by atoms with Crippen LogP contribution in [0.1, 0.15) is 11.1 Å². The van der Waals surface area contributed by atoms with Gasteiger partial charge in [0.2, 0.25) is 0 Å². The Bertz CT molecular complexity index is 842. The van der Waals surface area contributed by atoms with Crippen molar-refractivity contribution in [1.29, 1.82) is 5.26 Å². The molecule has 2 aromatic rings. The summed E-state index contributed by atoms with van der Waals surface area (Å²) in [5, 5.41) is 9.17. The Morgan fingerprint density at radius 1 is 1.24 bits per heavy atom. The van der Waals surface area contributed by atoms with Gasteiger partial charge in [-0.3, -0.25) is 4.72 Å². The molecule has 0 saturated carbocycles. The van der Waals surface area contributed by atoms with Crippen LogP contribution in [0, 0.1) is 18.3 Å². The molecule has 0 aromatic heterocycles. The van der Waals surface area contributed by atoms with Crippen molar-refractivity contribution < 1.29 is 8.42 Å². The molecule has 0 spiro atoms. The molecule has 0 bridgehead atoms. The second kappa shape index (κ2) is 5.64. The van der Waals surface area contributed by atoms with Crippen molar-refractivity contribution in [3.8, 4) is 6.07 Å². The molecule has 108 valence electrons. The first-order valence-electron chi connectivity index (χ1n) is 5.92. The van der Waals surface area contributed by atoms with Gasteiger partial charge in [0.05, 0.1) is 21.2 Å². The predicted octanol–water partition coefficient (Wildman–Crippen LogP) is 2.90. The maximum atomic E-state index is 12.3. The van der Waals surface area contributed by atoms with Gasteiger partial charge in [-0.05, 0) is 48.9 Å². The predicted molar refractivity (Wildman–Crippen MR) is 82.6 cm³/mol. The molecule has 0 radical (unpaired) electrons. The molecular weight excluding hydrogens is 310 g/mol. The Kier molecular flexibility index (Phi) is 4.07.